The molecule has 3 aliphatic rings. The number of nitrogens with zero attached hydrogens (tertiary/aromatic N) is 1. The molecule has 2 unspecified atom stereocenters. The van der Waals surface area contributed by atoms with Gasteiger partial charge < -0.3 is 10.1 Å². The molecular weight excluding hydrogens is 200 g/mol. The number of rotatable bonds is 4. The SMILES string of the molecule is C1CCC(CNC2CCN(C3CC3)C2)OC1. The summed E-state index contributed by atoms with van der Waals surface area (Å²) in [6.45, 7) is 4.64. The Labute approximate surface area is 98.5 Å². The van der Waals surface area contributed by atoms with Gasteiger partial charge in [-0.15, -0.1) is 0 Å². The van der Waals surface area contributed by atoms with Crippen molar-refractivity contribution in [3.05, 3.63) is 0 Å². The second kappa shape index (κ2) is 5.03. The van der Waals surface area contributed by atoms with Gasteiger partial charge in [0.25, 0.3) is 0 Å². The molecule has 0 bridgehead atoms. The Bertz CT molecular complexity index is 224. The van der Waals surface area contributed by atoms with Gasteiger partial charge in [-0.25, -0.2) is 0 Å². The molecule has 3 rings (SSSR count). The minimum absolute atomic E-state index is 0.490. The van der Waals surface area contributed by atoms with E-state index in [0.717, 1.165) is 25.2 Å². The molecular formula is C13H24N2O. The predicted molar refractivity (Wildman–Crippen MR) is 64.6 cm³/mol. The molecule has 2 aliphatic heterocycles. The quantitative estimate of drug-likeness (QED) is 0.781. The Morgan fingerprint density at radius 1 is 1.12 bits per heavy atom. The van der Waals surface area contributed by atoms with Gasteiger partial charge in [-0.3, -0.25) is 4.90 Å². The van der Waals surface area contributed by atoms with Crippen molar-refractivity contribution < 1.29 is 4.74 Å². The number of hydrogen-bond acceptors (Lipinski definition) is 3. The van der Waals surface area contributed by atoms with E-state index in [4.69, 9.17) is 4.74 Å². The third-order valence-electron chi connectivity index (χ3n) is 4.19. The highest BCUT2D eigenvalue weighted by Gasteiger charge is 2.34. The van der Waals surface area contributed by atoms with E-state index in [9.17, 15) is 0 Å². The van der Waals surface area contributed by atoms with Crippen molar-refractivity contribution in [2.45, 2.75) is 56.7 Å². The molecule has 2 saturated heterocycles. The molecule has 0 spiro atoms. The average Bonchev–Trinajstić information content (AvgIpc) is 3.08. The second-order valence-corrected chi connectivity index (χ2v) is 5.61. The lowest BCUT2D eigenvalue weighted by Gasteiger charge is -2.24. The Kier molecular flexibility index (Phi) is 3.46. The van der Waals surface area contributed by atoms with Crippen LogP contribution in [0.1, 0.15) is 38.5 Å². The standard InChI is InChI=1S/C13H24N2O/c1-2-8-16-13(3-1)9-14-11-6-7-15(10-11)12-4-5-12/h11-14H,1-10H2. The first-order valence-corrected chi connectivity index (χ1v) is 7.01. The molecule has 2 atom stereocenters. The van der Waals surface area contributed by atoms with Gasteiger partial charge in [0.05, 0.1) is 6.10 Å². The number of hydrogen-bond donors (Lipinski definition) is 1. The van der Waals surface area contributed by atoms with Crippen LogP contribution >= 0.6 is 0 Å². The molecule has 92 valence electrons. The summed E-state index contributed by atoms with van der Waals surface area (Å²) in [6.07, 6.45) is 8.58. The fraction of sp³-hybridized carbons (Fsp3) is 1.00. The Hall–Kier alpha value is -0.120. The van der Waals surface area contributed by atoms with Crippen LogP contribution in [-0.2, 0) is 4.74 Å². The largest absolute Gasteiger partial charge is 0.377 e. The lowest BCUT2D eigenvalue weighted by molar-refractivity contribution is 0.0155. The molecule has 0 amide bonds. The number of ether oxygens (including phenoxy) is 1. The van der Waals surface area contributed by atoms with E-state index in [1.807, 2.05) is 0 Å². The molecule has 3 nitrogen and oxygen atoms in total. The zero-order valence-corrected chi connectivity index (χ0v) is 10.2. The maximum absolute atomic E-state index is 5.75. The van der Waals surface area contributed by atoms with Crippen LogP contribution in [-0.4, -0.2) is 49.3 Å². The molecule has 0 aromatic rings. The van der Waals surface area contributed by atoms with E-state index in [2.05, 4.69) is 10.2 Å². The topological polar surface area (TPSA) is 24.5 Å². The molecule has 1 N–H and O–H groups in total. The highest BCUT2D eigenvalue weighted by Crippen LogP contribution is 2.29. The van der Waals surface area contributed by atoms with Crippen LogP contribution < -0.4 is 5.32 Å². The number of nitrogens with one attached hydrogen (secondary N) is 1. The first kappa shape index (κ1) is 11.0. The van der Waals surface area contributed by atoms with E-state index >= 15 is 0 Å². The Balaban J connectivity index is 1.35. The lowest BCUT2D eigenvalue weighted by Crippen LogP contribution is -2.39. The van der Waals surface area contributed by atoms with E-state index in [-0.39, 0.29) is 0 Å². The van der Waals surface area contributed by atoms with E-state index in [0.29, 0.717) is 6.10 Å². The summed E-state index contributed by atoms with van der Waals surface area (Å²) in [5.41, 5.74) is 0. The summed E-state index contributed by atoms with van der Waals surface area (Å²) in [5, 5.41) is 3.70. The van der Waals surface area contributed by atoms with Gasteiger partial charge in [-0.2, -0.15) is 0 Å². The van der Waals surface area contributed by atoms with Crippen molar-refractivity contribution in [1.82, 2.24) is 10.2 Å². The van der Waals surface area contributed by atoms with Gasteiger partial charge >= 0.3 is 0 Å². The monoisotopic (exact) mass is 224 g/mol. The van der Waals surface area contributed by atoms with E-state index < -0.39 is 0 Å². The summed E-state index contributed by atoms with van der Waals surface area (Å²) in [6, 6.07) is 1.67. The lowest BCUT2D eigenvalue weighted by atomic mass is 10.1. The van der Waals surface area contributed by atoms with Gasteiger partial charge in [0.2, 0.25) is 0 Å². The van der Waals surface area contributed by atoms with E-state index in [1.165, 1.54) is 51.6 Å². The molecule has 0 aromatic carbocycles. The van der Waals surface area contributed by atoms with Gasteiger partial charge in [-0.05, 0) is 38.5 Å². The highest BCUT2D eigenvalue weighted by atomic mass is 16.5. The van der Waals surface area contributed by atoms with Crippen LogP contribution in [0.2, 0.25) is 0 Å². The summed E-state index contributed by atoms with van der Waals surface area (Å²) in [5.74, 6) is 0. The molecule has 2 heterocycles. The summed E-state index contributed by atoms with van der Waals surface area (Å²) < 4.78 is 5.75. The fourth-order valence-electron chi connectivity index (χ4n) is 2.99. The van der Waals surface area contributed by atoms with Gasteiger partial charge in [0.1, 0.15) is 0 Å². The van der Waals surface area contributed by atoms with Crippen LogP contribution in [0.3, 0.4) is 0 Å². The van der Waals surface area contributed by atoms with E-state index in [1.54, 1.807) is 0 Å². The van der Waals surface area contributed by atoms with Gasteiger partial charge in [-0.1, -0.05) is 0 Å². The fourth-order valence-corrected chi connectivity index (χ4v) is 2.99. The summed E-state index contributed by atoms with van der Waals surface area (Å²) in [4.78, 5) is 2.67. The minimum atomic E-state index is 0.490. The first-order valence-electron chi connectivity index (χ1n) is 7.01. The van der Waals surface area contributed by atoms with Crippen molar-refractivity contribution >= 4 is 0 Å². The van der Waals surface area contributed by atoms with Gasteiger partial charge in [0.15, 0.2) is 0 Å². The Morgan fingerprint density at radius 2 is 2.06 bits per heavy atom. The average molecular weight is 224 g/mol. The van der Waals surface area contributed by atoms with Gasteiger partial charge in [0, 0.05) is 38.3 Å². The van der Waals surface area contributed by atoms with Crippen molar-refractivity contribution in [1.29, 1.82) is 0 Å². The molecule has 16 heavy (non-hydrogen) atoms. The van der Waals surface area contributed by atoms with Crippen LogP contribution in [0, 0.1) is 0 Å². The second-order valence-electron chi connectivity index (χ2n) is 5.61. The smallest absolute Gasteiger partial charge is 0.0699 e. The third kappa shape index (κ3) is 2.76. The van der Waals surface area contributed by atoms with Crippen LogP contribution in [0.25, 0.3) is 0 Å². The van der Waals surface area contributed by atoms with Crippen molar-refractivity contribution in [3.8, 4) is 0 Å². The normalized spacial score (nSPS) is 36.8. The van der Waals surface area contributed by atoms with Crippen LogP contribution in [0.15, 0.2) is 0 Å². The minimum Gasteiger partial charge on any atom is -0.377 e. The van der Waals surface area contributed by atoms with Crippen molar-refractivity contribution in [3.63, 3.8) is 0 Å². The molecule has 3 fully saturated rings. The third-order valence-corrected chi connectivity index (χ3v) is 4.19. The zero-order chi connectivity index (χ0) is 10.8. The summed E-state index contributed by atoms with van der Waals surface area (Å²) in [7, 11) is 0. The molecule has 1 aliphatic carbocycles. The zero-order valence-electron chi connectivity index (χ0n) is 10.2. The van der Waals surface area contributed by atoms with Crippen LogP contribution in [0.4, 0.5) is 0 Å². The molecule has 0 aromatic heterocycles. The number of likely N-dealkylation sites (tertiary alicyclic amines) is 1. The molecule has 3 heteroatoms. The first-order chi connectivity index (χ1) is 7.92. The van der Waals surface area contributed by atoms with Crippen LogP contribution in [0.5, 0.6) is 0 Å². The Morgan fingerprint density at radius 3 is 2.81 bits per heavy atom. The summed E-state index contributed by atoms with van der Waals surface area (Å²) >= 11 is 0. The van der Waals surface area contributed by atoms with Crippen molar-refractivity contribution in [2.24, 2.45) is 0 Å². The maximum atomic E-state index is 5.75. The molecule has 1 saturated carbocycles. The van der Waals surface area contributed by atoms with Crippen molar-refractivity contribution in [2.75, 3.05) is 26.2 Å². The maximum Gasteiger partial charge on any atom is 0.0699 e. The highest BCUT2D eigenvalue weighted by molar-refractivity contribution is 4.92. The predicted octanol–water partition coefficient (Wildman–Crippen LogP) is 1.38. The molecule has 0 radical (unpaired) electrons.